The van der Waals surface area contributed by atoms with Crippen molar-refractivity contribution in [2.45, 2.75) is 37.6 Å². The van der Waals surface area contributed by atoms with Crippen LogP contribution in [0.1, 0.15) is 32.3 Å². The SMILES string of the molecule is CC(C)(C(=O)Nc1ccc(C(F)(F)F)cc1)[S@@+]([O-])CC1CCOCC1. The van der Waals surface area contributed by atoms with Gasteiger partial charge in [-0.1, -0.05) is 0 Å². The Hall–Kier alpha value is -1.25. The quantitative estimate of drug-likeness (QED) is 0.798. The van der Waals surface area contributed by atoms with Crippen LogP contribution in [0.25, 0.3) is 0 Å². The zero-order chi connectivity index (χ0) is 18.7. The highest BCUT2D eigenvalue weighted by molar-refractivity contribution is 7.93. The highest BCUT2D eigenvalue weighted by Crippen LogP contribution is 2.30. The molecule has 1 aliphatic rings. The lowest BCUT2D eigenvalue weighted by Gasteiger charge is -2.31. The van der Waals surface area contributed by atoms with Crippen molar-refractivity contribution in [3.8, 4) is 0 Å². The van der Waals surface area contributed by atoms with E-state index >= 15 is 0 Å². The maximum atomic E-state index is 12.6. The average Bonchev–Trinajstić information content (AvgIpc) is 2.55. The van der Waals surface area contributed by atoms with Crippen molar-refractivity contribution in [2.75, 3.05) is 24.3 Å². The van der Waals surface area contributed by atoms with E-state index in [-0.39, 0.29) is 11.6 Å². The van der Waals surface area contributed by atoms with E-state index in [1.54, 1.807) is 13.8 Å². The summed E-state index contributed by atoms with van der Waals surface area (Å²) >= 11 is -1.40. The Balaban J connectivity index is 1.97. The molecule has 0 aromatic heterocycles. The molecule has 2 rings (SSSR count). The first-order valence-corrected chi connectivity index (χ1v) is 9.37. The van der Waals surface area contributed by atoms with Gasteiger partial charge in [-0.25, -0.2) is 0 Å². The Bertz CT molecular complexity index is 584. The van der Waals surface area contributed by atoms with Crippen LogP contribution in [-0.4, -0.2) is 34.2 Å². The van der Waals surface area contributed by atoms with Crippen LogP contribution in [0.15, 0.2) is 24.3 Å². The second-order valence-electron chi connectivity index (χ2n) is 6.61. The van der Waals surface area contributed by atoms with Gasteiger partial charge in [-0.2, -0.15) is 13.2 Å². The molecule has 1 saturated heterocycles. The van der Waals surface area contributed by atoms with E-state index in [2.05, 4.69) is 5.32 Å². The molecule has 0 aliphatic carbocycles. The molecule has 8 heteroatoms. The molecule has 1 aromatic carbocycles. The molecule has 0 radical (unpaired) electrons. The van der Waals surface area contributed by atoms with Gasteiger partial charge in [0.2, 0.25) is 0 Å². The summed E-state index contributed by atoms with van der Waals surface area (Å²) in [6.07, 6.45) is -2.78. The third kappa shape index (κ3) is 5.36. The summed E-state index contributed by atoms with van der Waals surface area (Å²) < 4.78 is 54.4. The lowest BCUT2D eigenvalue weighted by molar-refractivity contribution is -0.137. The van der Waals surface area contributed by atoms with Gasteiger partial charge in [0, 0.05) is 24.8 Å². The maximum absolute atomic E-state index is 12.6. The molecule has 25 heavy (non-hydrogen) atoms. The third-order valence-corrected chi connectivity index (χ3v) is 6.41. The average molecular weight is 377 g/mol. The summed E-state index contributed by atoms with van der Waals surface area (Å²) in [4.78, 5) is 12.4. The summed E-state index contributed by atoms with van der Waals surface area (Å²) in [5.41, 5.74) is -0.540. The lowest BCUT2D eigenvalue weighted by atomic mass is 10.0. The molecule has 140 valence electrons. The van der Waals surface area contributed by atoms with E-state index < -0.39 is 33.6 Å². The van der Waals surface area contributed by atoms with E-state index in [4.69, 9.17) is 4.74 Å². The molecule has 0 spiro atoms. The van der Waals surface area contributed by atoms with Gasteiger partial charge in [0.1, 0.15) is 5.75 Å². The number of hydrogen-bond acceptors (Lipinski definition) is 3. The summed E-state index contributed by atoms with van der Waals surface area (Å²) in [5, 5.41) is 2.55. The predicted octanol–water partition coefficient (Wildman–Crippen LogP) is 3.60. The first-order valence-electron chi connectivity index (χ1n) is 8.05. The molecular formula is C17H22F3NO3S. The molecule has 1 aliphatic heterocycles. The molecule has 4 nitrogen and oxygen atoms in total. The Morgan fingerprint density at radius 3 is 2.32 bits per heavy atom. The number of hydrogen-bond donors (Lipinski definition) is 1. The molecule has 0 bridgehead atoms. The molecule has 1 fully saturated rings. The van der Waals surface area contributed by atoms with E-state index in [1.165, 1.54) is 12.1 Å². The van der Waals surface area contributed by atoms with E-state index in [0.29, 0.717) is 19.0 Å². The molecular weight excluding hydrogens is 355 g/mol. The molecule has 1 atom stereocenters. The Labute approximate surface area is 148 Å². The molecule has 1 aromatic rings. The monoisotopic (exact) mass is 377 g/mol. The van der Waals surface area contributed by atoms with Crippen molar-refractivity contribution >= 4 is 22.8 Å². The molecule has 0 unspecified atom stereocenters. The summed E-state index contributed by atoms with van der Waals surface area (Å²) in [6.45, 7) is 4.45. The Morgan fingerprint density at radius 2 is 1.80 bits per heavy atom. The van der Waals surface area contributed by atoms with E-state index in [9.17, 15) is 22.5 Å². The summed E-state index contributed by atoms with van der Waals surface area (Å²) in [7, 11) is 0. The fourth-order valence-electron chi connectivity index (χ4n) is 2.46. The minimum atomic E-state index is -4.42. The number of nitrogens with one attached hydrogen (secondary N) is 1. The number of ether oxygens (including phenoxy) is 1. The molecule has 0 saturated carbocycles. The van der Waals surface area contributed by atoms with Gasteiger partial charge >= 0.3 is 6.18 Å². The topological polar surface area (TPSA) is 61.4 Å². The maximum Gasteiger partial charge on any atom is 0.416 e. The fourth-order valence-corrected chi connectivity index (χ4v) is 3.90. The van der Waals surface area contributed by atoms with Crippen LogP contribution >= 0.6 is 0 Å². The van der Waals surface area contributed by atoms with Gasteiger partial charge < -0.3 is 14.6 Å². The molecule has 1 amide bonds. The van der Waals surface area contributed by atoms with Gasteiger partial charge in [0.25, 0.3) is 5.91 Å². The highest BCUT2D eigenvalue weighted by Gasteiger charge is 2.41. The number of carbonyl (C=O) groups is 1. The fraction of sp³-hybridized carbons (Fsp3) is 0.588. The van der Waals surface area contributed by atoms with Crippen molar-refractivity contribution in [3.05, 3.63) is 29.8 Å². The predicted molar refractivity (Wildman–Crippen MR) is 90.7 cm³/mol. The number of halogens is 3. The summed E-state index contributed by atoms with van der Waals surface area (Å²) in [6, 6.07) is 4.19. The van der Waals surface area contributed by atoms with Gasteiger partial charge in [-0.3, -0.25) is 4.79 Å². The molecule has 1 N–H and O–H groups in total. The van der Waals surface area contributed by atoms with Crippen molar-refractivity contribution in [1.82, 2.24) is 0 Å². The van der Waals surface area contributed by atoms with Crippen LogP contribution in [0, 0.1) is 5.92 Å². The number of anilines is 1. The van der Waals surface area contributed by atoms with Crippen LogP contribution < -0.4 is 5.32 Å². The van der Waals surface area contributed by atoms with Crippen molar-refractivity contribution in [3.63, 3.8) is 0 Å². The van der Waals surface area contributed by atoms with Crippen LogP contribution in [0.2, 0.25) is 0 Å². The normalized spacial score (nSPS) is 18.0. The van der Waals surface area contributed by atoms with E-state index in [1.807, 2.05) is 0 Å². The van der Waals surface area contributed by atoms with Gasteiger partial charge in [-0.15, -0.1) is 0 Å². The Morgan fingerprint density at radius 1 is 1.24 bits per heavy atom. The minimum absolute atomic E-state index is 0.245. The summed E-state index contributed by atoms with van der Waals surface area (Å²) in [5.74, 6) is 0.196. The smallest absolute Gasteiger partial charge is 0.416 e. The minimum Gasteiger partial charge on any atom is -0.616 e. The number of alkyl halides is 3. The molecule has 1 heterocycles. The van der Waals surface area contributed by atoms with Crippen LogP contribution in [0.5, 0.6) is 0 Å². The van der Waals surface area contributed by atoms with Crippen LogP contribution in [0.3, 0.4) is 0 Å². The second kappa shape index (κ2) is 7.97. The first kappa shape index (κ1) is 20.1. The highest BCUT2D eigenvalue weighted by atomic mass is 32.2. The number of rotatable bonds is 5. The first-order chi connectivity index (χ1) is 11.6. The van der Waals surface area contributed by atoms with E-state index in [0.717, 1.165) is 25.0 Å². The number of carbonyl (C=O) groups excluding carboxylic acids is 1. The van der Waals surface area contributed by atoms with Crippen LogP contribution in [-0.2, 0) is 26.9 Å². The Kier molecular flexibility index (Phi) is 6.40. The zero-order valence-corrected chi connectivity index (χ0v) is 15.0. The number of benzene rings is 1. The van der Waals surface area contributed by atoms with Crippen molar-refractivity contribution in [2.24, 2.45) is 5.92 Å². The lowest BCUT2D eigenvalue weighted by Crippen LogP contribution is -2.47. The van der Waals surface area contributed by atoms with Crippen molar-refractivity contribution in [1.29, 1.82) is 0 Å². The zero-order valence-electron chi connectivity index (χ0n) is 14.2. The van der Waals surface area contributed by atoms with Crippen LogP contribution in [0.4, 0.5) is 18.9 Å². The van der Waals surface area contributed by atoms with Gasteiger partial charge in [0.05, 0.1) is 5.56 Å². The number of amides is 1. The van der Waals surface area contributed by atoms with Crippen molar-refractivity contribution < 1.29 is 27.3 Å². The van der Waals surface area contributed by atoms with Gasteiger partial charge in [-0.05, 0) is 62.1 Å². The standard InChI is InChI=1S/C17H22F3NO3S/c1-16(2,25(23)11-12-7-9-24-10-8-12)15(22)21-14-5-3-13(4-6-14)17(18,19)20/h3-6,12H,7-11H2,1-2H3,(H,21,22)/t25-/m0/s1. The largest absolute Gasteiger partial charge is 0.616 e. The third-order valence-electron chi connectivity index (χ3n) is 4.31. The van der Waals surface area contributed by atoms with Gasteiger partial charge in [0.15, 0.2) is 4.75 Å². The second-order valence-corrected chi connectivity index (χ2v) is 8.65.